The molecular formula is C20H28Si2. The minimum Gasteiger partial charge on any atom is -0.0631 e. The summed E-state index contributed by atoms with van der Waals surface area (Å²) in [6.45, 7) is 14.7. The summed E-state index contributed by atoms with van der Waals surface area (Å²) >= 11 is 0. The van der Waals surface area contributed by atoms with Gasteiger partial charge in [0.15, 0.2) is 0 Å². The Bertz CT molecular complexity index is 523. The lowest BCUT2D eigenvalue weighted by Crippen LogP contribution is -2.61. The fourth-order valence-corrected chi connectivity index (χ4v) is 16.5. The van der Waals surface area contributed by atoms with Crippen LogP contribution < -0.4 is 10.4 Å². The van der Waals surface area contributed by atoms with Crippen LogP contribution in [0.2, 0.25) is 10.1 Å². The van der Waals surface area contributed by atoms with Crippen LogP contribution in [0, 0.1) is 0 Å². The van der Waals surface area contributed by atoms with Gasteiger partial charge >= 0.3 is 0 Å². The second kappa shape index (κ2) is 6.55. The third-order valence-electron chi connectivity index (χ3n) is 3.87. The van der Waals surface area contributed by atoms with E-state index >= 15 is 0 Å². The molecule has 2 aromatic rings. The smallest absolute Gasteiger partial charge is 0.0631 e. The summed E-state index contributed by atoms with van der Waals surface area (Å²) < 4.78 is 0. The normalized spacial score (nSPS) is 12.9. The zero-order chi connectivity index (χ0) is 16.4. The molecule has 2 aromatic carbocycles. The summed E-state index contributed by atoms with van der Waals surface area (Å²) in [5, 5.41) is 3.89. The highest BCUT2D eigenvalue weighted by Gasteiger charge is 2.44. The molecule has 0 saturated carbocycles. The topological polar surface area (TPSA) is 0 Å². The molecule has 0 N–H and O–H groups in total. The maximum Gasteiger partial charge on any atom is 0.111 e. The van der Waals surface area contributed by atoms with Crippen LogP contribution >= 0.6 is 0 Å². The number of hydrogen-bond donors (Lipinski definition) is 0. The van der Waals surface area contributed by atoms with Gasteiger partial charge < -0.3 is 0 Å². The van der Waals surface area contributed by atoms with Gasteiger partial charge in [-0.1, -0.05) is 113 Å². The molecule has 0 aliphatic carbocycles. The standard InChI is InChI=1S/C20H28Si2/c1-19(2,3)22(20(4,5)6)21(17-13-9-7-10-14-17)18-15-11-8-12-16-18/h7-16H,1-6H3. The molecule has 2 rings (SSSR count). The van der Waals surface area contributed by atoms with Crippen LogP contribution in [0.4, 0.5) is 0 Å². The fourth-order valence-electron chi connectivity index (χ4n) is 3.54. The predicted octanol–water partition coefficient (Wildman–Crippen LogP) is 4.47. The number of hydrogen-bond acceptors (Lipinski definition) is 0. The average Bonchev–Trinajstić information content (AvgIpc) is 2.44. The van der Waals surface area contributed by atoms with Crippen molar-refractivity contribution in [1.82, 2.24) is 0 Å². The molecule has 0 heterocycles. The zero-order valence-corrected chi connectivity index (χ0v) is 16.8. The minimum atomic E-state index is -0.751. The van der Waals surface area contributed by atoms with Crippen LogP contribution in [0.3, 0.4) is 0 Å². The molecule has 0 aliphatic heterocycles. The summed E-state index contributed by atoms with van der Waals surface area (Å²) in [4.78, 5) is 0. The minimum absolute atomic E-state index is 0.378. The Morgan fingerprint density at radius 3 is 1.14 bits per heavy atom. The van der Waals surface area contributed by atoms with E-state index in [9.17, 15) is 0 Å². The molecule has 2 heteroatoms. The van der Waals surface area contributed by atoms with Crippen LogP contribution in [0.15, 0.2) is 60.7 Å². The molecule has 116 valence electrons. The van der Waals surface area contributed by atoms with Crippen LogP contribution in [-0.2, 0) is 0 Å². The molecule has 0 bridgehead atoms. The van der Waals surface area contributed by atoms with Gasteiger partial charge in [-0.2, -0.15) is 0 Å². The van der Waals surface area contributed by atoms with Gasteiger partial charge in [0.25, 0.3) is 0 Å². The Labute approximate surface area is 139 Å². The lowest BCUT2D eigenvalue weighted by molar-refractivity contribution is 0.659. The Morgan fingerprint density at radius 1 is 0.545 bits per heavy atom. The molecule has 0 nitrogen and oxygen atoms in total. The van der Waals surface area contributed by atoms with E-state index in [-0.39, 0.29) is 0 Å². The van der Waals surface area contributed by atoms with Crippen molar-refractivity contribution in [2.75, 3.05) is 0 Å². The Morgan fingerprint density at radius 2 is 0.864 bits per heavy atom. The van der Waals surface area contributed by atoms with Gasteiger partial charge in [0, 0.05) is 0 Å². The van der Waals surface area contributed by atoms with E-state index in [0.29, 0.717) is 10.1 Å². The second-order valence-electron chi connectivity index (χ2n) is 7.98. The van der Waals surface area contributed by atoms with Gasteiger partial charge in [0.05, 0.1) is 8.31 Å². The monoisotopic (exact) mass is 324 g/mol. The van der Waals surface area contributed by atoms with Crippen molar-refractivity contribution in [3.05, 3.63) is 60.7 Å². The molecule has 0 fully saturated rings. The van der Waals surface area contributed by atoms with Crippen molar-refractivity contribution in [3.63, 3.8) is 0 Å². The molecule has 0 atom stereocenters. The van der Waals surface area contributed by atoms with Gasteiger partial charge in [0.1, 0.15) is 8.31 Å². The van der Waals surface area contributed by atoms with E-state index in [1.165, 1.54) is 0 Å². The first-order chi connectivity index (χ1) is 10.2. The first-order valence-electron chi connectivity index (χ1n) is 8.07. The largest absolute Gasteiger partial charge is 0.111 e. The Balaban J connectivity index is 2.62. The zero-order valence-electron chi connectivity index (χ0n) is 14.8. The molecule has 0 saturated heterocycles. The first-order valence-corrected chi connectivity index (χ1v) is 12.1. The summed E-state index contributed by atoms with van der Waals surface area (Å²) in [5.41, 5.74) is 0. The summed E-state index contributed by atoms with van der Waals surface area (Å²) in [7, 11) is -1.37. The predicted molar refractivity (Wildman–Crippen MR) is 103 cm³/mol. The van der Waals surface area contributed by atoms with Crippen LogP contribution in [-0.4, -0.2) is 16.6 Å². The van der Waals surface area contributed by atoms with Crippen molar-refractivity contribution in [2.24, 2.45) is 0 Å². The van der Waals surface area contributed by atoms with Crippen molar-refractivity contribution >= 4 is 27.0 Å². The van der Waals surface area contributed by atoms with Crippen molar-refractivity contribution in [2.45, 2.75) is 51.6 Å². The summed E-state index contributed by atoms with van der Waals surface area (Å²) in [6.07, 6.45) is 0. The molecule has 0 aromatic heterocycles. The van der Waals surface area contributed by atoms with Gasteiger partial charge in [-0.3, -0.25) is 0 Å². The summed E-state index contributed by atoms with van der Waals surface area (Å²) in [6, 6.07) is 22.5. The quantitative estimate of drug-likeness (QED) is 0.731. The van der Waals surface area contributed by atoms with E-state index in [2.05, 4.69) is 102 Å². The maximum atomic E-state index is 2.45. The van der Waals surface area contributed by atoms with E-state index in [1.54, 1.807) is 10.4 Å². The molecule has 0 unspecified atom stereocenters. The lowest BCUT2D eigenvalue weighted by Gasteiger charge is -2.43. The van der Waals surface area contributed by atoms with E-state index < -0.39 is 16.6 Å². The van der Waals surface area contributed by atoms with E-state index in [1.807, 2.05) is 0 Å². The highest BCUT2D eigenvalue weighted by atomic mass is 29.2. The lowest BCUT2D eigenvalue weighted by atomic mass is 10.2. The Hall–Kier alpha value is -1.13. The maximum absolute atomic E-state index is 2.45. The molecule has 0 aliphatic rings. The first kappa shape index (κ1) is 17.2. The third kappa shape index (κ3) is 3.99. The number of rotatable bonds is 3. The van der Waals surface area contributed by atoms with Crippen molar-refractivity contribution in [3.8, 4) is 0 Å². The molecule has 2 radical (unpaired) electrons. The highest BCUT2D eigenvalue weighted by molar-refractivity contribution is 7.35. The summed E-state index contributed by atoms with van der Waals surface area (Å²) in [5.74, 6) is 0. The van der Waals surface area contributed by atoms with Gasteiger partial charge in [-0.25, -0.2) is 0 Å². The molecular weight excluding hydrogens is 296 g/mol. The van der Waals surface area contributed by atoms with Crippen molar-refractivity contribution in [1.29, 1.82) is 0 Å². The molecule has 0 amide bonds. The second-order valence-corrected chi connectivity index (χ2v) is 16.6. The Kier molecular flexibility index (Phi) is 5.13. The highest BCUT2D eigenvalue weighted by Crippen LogP contribution is 2.42. The van der Waals surface area contributed by atoms with Crippen LogP contribution in [0.1, 0.15) is 41.5 Å². The van der Waals surface area contributed by atoms with Crippen LogP contribution in [0.5, 0.6) is 0 Å². The van der Waals surface area contributed by atoms with Gasteiger partial charge in [-0.05, 0) is 10.1 Å². The SMILES string of the molecule is CC(C)(C)[Si]([Si](c1ccccc1)c1ccccc1)C(C)(C)C. The van der Waals surface area contributed by atoms with Gasteiger partial charge in [-0.15, -0.1) is 0 Å². The van der Waals surface area contributed by atoms with Crippen LogP contribution in [0.25, 0.3) is 0 Å². The van der Waals surface area contributed by atoms with Crippen molar-refractivity contribution < 1.29 is 0 Å². The molecule has 0 spiro atoms. The number of benzene rings is 2. The van der Waals surface area contributed by atoms with Gasteiger partial charge in [0.2, 0.25) is 0 Å². The fraction of sp³-hybridized carbons (Fsp3) is 0.400. The van der Waals surface area contributed by atoms with E-state index in [0.717, 1.165) is 0 Å². The third-order valence-corrected chi connectivity index (χ3v) is 16.9. The average molecular weight is 325 g/mol. The van der Waals surface area contributed by atoms with E-state index in [4.69, 9.17) is 0 Å². The molecule has 22 heavy (non-hydrogen) atoms.